The molecule has 0 spiro atoms. The molecule has 0 aliphatic heterocycles. The second kappa shape index (κ2) is 3.65. The first-order chi connectivity index (χ1) is 5.66. The van der Waals surface area contributed by atoms with Crippen LogP contribution in [0.2, 0.25) is 0 Å². The molecule has 1 unspecified atom stereocenters. The van der Waals surface area contributed by atoms with Crippen molar-refractivity contribution in [2.45, 2.75) is 6.04 Å². The van der Waals surface area contributed by atoms with Crippen LogP contribution in [0.25, 0.3) is 0 Å². The Morgan fingerprint density at radius 2 is 2.25 bits per heavy atom. The van der Waals surface area contributed by atoms with E-state index in [4.69, 9.17) is 11.0 Å². The fourth-order valence-corrected chi connectivity index (χ4v) is 1.46. The van der Waals surface area contributed by atoms with E-state index in [0.29, 0.717) is 4.47 Å². The number of rotatable bonds is 1. The van der Waals surface area contributed by atoms with E-state index in [9.17, 15) is 4.39 Å². The van der Waals surface area contributed by atoms with Gasteiger partial charge in [0.2, 0.25) is 0 Å². The molecule has 0 aliphatic rings. The Hall–Kier alpha value is -0.920. The summed E-state index contributed by atoms with van der Waals surface area (Å²) in [7, 11) is 0. The predicted octanol–water partition coefficient (Wildman–Crippen LogP) is 2.11. The summed E-state index contributed by atoms with van der Waals surface area (Å²) in [5.74, 6) is -0.460. The molecule has 4 heteroatoms. The second-order valence-electron chi connectivity index (χ2n) is 2.24. The van der Waals surface area contributed by atoms with Crippen LogP contribution in [0.4, 0.5) is 4.39 Å². The van der Waals surface area contributed by atoms with Crippen molar-refractivity contribution >= 4 is 15.9 Å². The highest BCUT2D eigenvalue weighted by atomic mass is 79.9. The molecule has 0 aromatic heterocycles. The number of nitrogens with two attached hydrogens (primary N) is 1. The maximum Gasteiger partial charge on any atom is 0.130 e. The Kier molecular flexibility index (Phi) is 2.79. The summed E-state index contributed by atoms with van der Waals surface area (Å²) < 4.78 is 13.6. The van der Waals surface area contributed by atoms with Gasteiger partial charge in [0.1, 0.15) is 11.9 Å². The highest BCUT2D eigenvalue weighted by Gasteiger charge is 2.13. The van der Waals surface area contributed by atoms with Gasteiger partial charge in [-0.25, -0.2) is 4.39 Å². The monoisotopic (exact) mass is 228 g/mol. The van der Waals surface area contributed by atoms with E-state index < -0.39 is 11.9 Å². The van der Waals surface area contributed by atoms with E-state index in [1.807, 2.05) is 0 Å². The molecule has 0 amide bonds. The van der Waals surface area contributed by atoms with Gasteiger partial charge < -0.3 is 5.73 Å². The zero-order valence-corrected chi connectivity index (χ0v) is 7.68. The number of nitrogens with zero attached hydrogens (tertiary/aromatic N) is 1. The second-order valence-corrected chi connectivity index (χ2v) is 3.10. The van der Waals surface area contributed by atoms with Gasteiger partial charge >= 0.3 is 0 Å². The van der Waals surface area contributed by atoms with Gasteiger partial charge in [-0.3, -0.25) is 0 Å². The average Bonchev–Trinajstić information content (AvgIpc) is 2.03. The number of hydrogen-bond donors (Lipinski definition) is 1. The first-order valence-corrected chi connectivity index (χ1v) is 4.05. The van der Waals surface area contributed by atoms with E-state index in [0.717, 1.165) is 0 Å². The van der Waals surface area contributed by atoms with Crippen LogP contribution in [0.15, 0.2) is 22.7 Å². The van der Waals surface area contributed by atoms with Crippen LogP contribution in [0.1, 0.15) is 11.6 Å². The quantitative estimate of drug-likeness (QED) is 0.801. The fraction of sp³-hybridized carbons (Fsp3) is 0.125. The minimum atomic E-state index is -0.916. The summed E-state index contributed by atoms with van der Waals surface area (Å²) in [6, 6.07) is 5.33. The molecule has 12 heavy (non-hydrogen) atoms. The Labute approximate surface area is 77.9 Å². The lowest BCUT2D eigenvalue weighted by molar-refractivity contribution is 0.602. The largest absolute Gasteiger partial charge is 0.312 e. The van der Waals surface area contributed by atoms with Crippen molar-refractivity contribution in [2.75, 3.05) is 0 Å². The first kappa shape index (κ1) is 9.17. The van der Waals surface area contributed by atoms with Gasteiger partial charge in [0.05, 0.1) is 6.07 Å². The zero-order chi connectivity index (χ0) is 9.14. The molecule has 0 radical (unpaired) electrons. The minimum absolute atomic E-state index is 0.208. The van der Waals surface area contributed by atoms with Crippen molar-refractivity contribution in [3.63, 3.8) is 0 Å². The van der Waals surface area contributed by atoms with E-state index in [1.165, 1.54) is 6.07 Å². The zero-order valence-electron chi connectivity index (χ0n) is 6.09. The molecular formula is C8H6BrFN2. The number of nitriles is 1. The standard InChI is InChI=1S/C8H6BrFN2/c9-5-2-1-3-6(10)8(5)7(12)4-11/h1-3,7H,12H2. The topological polar surface area (TPSA) is 49.8 Å². The van der Waals surface area contributed by atoms with E-state index in [1.54, 1.807) is 18.2 Å². The maximum atomic E-state index is 13.0. The Morgan fingerprint density at radius 1 is 1.58 bits per heavy atom. The van der Waals surface area contributed by atoms with Gasteiger partial charge in [-0.05, 0) is 12.1 Å². The normalized spacial score (nSPS) is 12.2. The van der Waals surface area contributed by atoms with Crippen LogP contribution in [0, 0.1) is 17.1 Å². The van der Waals surface area contributed by atoms with Crippen LogP contribution in [-0.4, -0.2) is 0 Å². The van der Waals surface area contributed by atoms with Gasteiger partial charge in [0.15, 0.2) is 0 Å². The summed E-state index contributed by atoms with van der Waals surface area (Å²) in [5.41, 5.74) is 5.57. The van der Waals surface area contributed by atoms with Crippen molar-refractivity contribution in [1.82, 2.24) is 0 Å². The third-order valence-corrected chi connectivity index (χ3v) is 2.14. The molecule has 1 aromatic carbocycles. The molecular weight excluding hydrogens is 223 g/mol. The minimum Gasteiger partial charge on any atom is -0.312 e. The van der Waals surface area contributed by atoms with Crippen LogP contribution in [0.3, 0.4) is 0 Å². The van der Waals surface area contributed by atoms with Crippen molar-refractivity contribution in [2.24, 2.45) is 5.73 Å². The molecule has 62 valence electrons. The van der Waals surface area contributed by atoms with Crippen molar-refractivity contribution in [1.29, 1.82) is 5.26 Å². The predicted molar refractivity (Wildman–Crippen MR) is 46.6 cm³/mol. The molecule has 0 fully saturated rings. The Bertz CT molecular complexity index is 312. The van der Waals surface area contributed by atoms with E-state index >= 15 is 0 Å². The lowest BCUT2D eigenvalue weighted by Crippen LogP contribution is -2.10. The maximum absolute atomic E-state index is 13.0. The highest BCUT2D eigenvalue weighted by molar-refractivity contribution is 9.10. The van der Waals surface area contributed by atoms with Gasteiger partial charge in [-0.2, -0.15) is 5.26 Å². The molecule has 2 N–H and O–H groups in total. The molecule has 0 saturated heterocycles. The summed E-state index contributed by atoms with van der Waals surface area (Å²) >= 11 is 3.12. The molecule has 0 heterocycles. The molecule has 1 atom stereocenters. The lowest BCUT2D eigenvalue weighted by Gasteiger charge is -2.06. The summed E-state index contributed by atoms with van der Waals surface area (Å²) in [4.78, 5) is 0. The molecule has 0 bridgehead atoms. The summed E-state index contributed by atoms with van der Waals surface area (Å²) in [6.45, 7) is 0. The molecule has 0 aliphatic carbocycles. The molecule has 1 rings (SSSR count). The average molecular weight is 229 g/mol. The van der Waals surface area contributed by atoms with Crippen molar-refractivity contribution < 1.29 is 4.39 Å². The summed E-state index contributed by atoms with van der Waals surface area (Å²) in [5, 5.41) is 8.47. The van der Waals surface area contributed by atoms with E-state index in [-0.39, 0.29) is 5.56 Å². The fourth-order valence-electron chi connectivity index (χ4n) is 0.872. The lowest BCUT2D eigenvalue weighted by atomic mass is 10.1. The third kappa shape index (κ3) is 1.63. The van der Waals surface area contributed by atoms with Crippen molar-refractivity contribution in [3.05, 3.63) is 34.1 Å². The van der Waals surface area contributed by atoms with Crippen LogP contribution in [0.5, 0.6) is 0 Å². The number of halogens is 2. The van der Waals surface area contributed by atoms with Crippen LogP contribution >= 0.6 is 15.9 Å². The van der Waals surface area contributed by atoms with Gasteiger partial charge in [-0.1, -0.05) is 22.0 Å². The van der Waals surface area contributed by atoms with Gasteiger partial charge in [-0.15, -0.1) is 0 Å². The molecule has 0 saturated carbocycles. The van der Waals surface area contributed by atoms with Gasteiger partial charge in [0.25, 0.3) is 0 Å². The Morgan fingerprint density at radius 3 is 2.75 bits per heavy atom. The van der Waals surface area contributed by atoms with E-state index in [2.05, 4.69) is 15.9 Å². The smallest absolute Gasteiger partial charge is 0.130 e. The van der Waals surface area contributed by atoms with Gasteiger partial charge in [0, 0.05) is 10.0 Å². The first-order valence-electron chi connectivity index (χ1n) is 3.26. The summed E-state index contributed by atoms with van der Waals surface area (Å²) in [6.07, 6.45) is 0. The van der Waals surface area contributed by atoms with Crippen LogP contribution < -0.4 is 5.73 Å². The number of benzene rings is 1. The van der Waals surface area contributed by atoms with Crippen molar-refractivity contribution in [3.8, 4) is 6.07 Å². The molecule has 1 aromatic rings. The van der Waals surface area contributed by atoms with Crippen LogP contribution in [-0.2, 0) is 0 Å². The molecule has 2 nitrogen and oxygen atoms in total. The number of hydrogen-bond acceptors (Lipinski definition) is 2. The highest BCUT2D eigenvalue weighted by Crippen LogP contribution is 2.24. The Balaban J connectivity index is 3.23. The SMILES string of the molecule is N#CC(N)c1c(F)cccc1Br. The third-order valence-electron chi connectivity index (χ3n) is 1.45.